The smallest absolute Gasteiger partial charge is 0.322 e. The van der Waals surface area contributed by atoms with Gasteiger partial charge in [0.25, 0.3) is 0 Å². The van der Waals surface area contributed by atoms with E-state index in [2.05, 4.69) is 19.2 Å². The summed E-state index contributed by atoms with van der Waals surface area (Å²) in [5.41, 5.74) is 5.76. The molecule has 3 N–H and O–H groups in total. The maximum absolute atomic E-state index is 5.76. The first-order valence-electron chi connectivity index (χ1n) is 4.71. The van der Waals surface area contributed by atoms with E-state index < -0.39 is 9.28 Å². The van der Waals surface area contributed by atoms with Crippen LogP contribution >= 0.6 is 0 Å². The van der Waals surface area contributed by atoms with Gasteiger partial charge in [-0.2, -0.15) is 0 Å². The average molecular weight is 206 g/mol. The average Bonchev–Trinajstić information content (AvgIpc) is 2.13. The van der Waals surface area contributed by atoms with Crippen LogP contribution in [0.15, 0.2) is 0 Å². The molecule has 0 saturated heterocycles. The molecule has 0 amide bonds. The van der Waals surface area contributed by atoms with Crippen molar-refractivity contribution in [2.75, 3.05) is 14.2 Å². The summed E-state index contributed by atoms with van der Waals surface area (Å²) in [6.45, 7) is 4.17. The molecule has 5 heteroatoms. The highest BCUT2D eigenvalue weighted by atomic mass is 28.3. The van der Waals surface area contributed by atoms with Crippen LogP contribution in [-0.4, -0.2) is 35.7 Å². The van der Waals surface area contributed by atoms with Crippen molar-refractivity contribution < 1.29 is 8.85 Å². The molecule has 0 aromatic carbocycles. The summed E-state index contributed by atoms with van der Waals surface area (Å²) < 4.78 is 10.4. The molecule has 4 nitrogen and oxygen atoms in total. The molecule has 0 fully saturated rings. The molecule has 2 unspecified atom stereocenters. The summed E-state index contributed by atoms with van der Waals surface area (Å²) in [6, 6.07) is 1.31. The van der Waals surface area contributed by atoms with Crippen LogP contribution < -0.4 is 11.1 Å². The molecule has 0 radical (unpaired) electrons. The van der Waals surface area contributed by atoms with Crippen LogP contribution in [0.2, 0.25) is 6.04 Å². The third-order valence-electron chi connectivity index (χ3n) is 2.01. The first-order chi connectivity index (χ1) is 6.13. The highest BCUT2D eigenvalue weighted by Gasteiger charge is 2.15. The van der Waals surface area contributed by atoms with Crippen LogP contribution in [0.3, 0.4) is 0 Å². The largest absolute Gasteiger partial charge is 0.400 e. The molecular weight excluding hydrogens is 184 g/mol. The topological polar surface area (TPSA) is 56.5 Å². The number of hydrogen-bond donors (Lipinski definition) is 2. The third kappa shape index (κ3) is 6.17. The molecular formula is C8H22N2O2Si. The summed E-state index contributed by atoms with van der Waals surface area (Å²) in [5.74, 6) is 0. The minimum absolute atomic E-state index is 0.0818. The summed E-state index contributed by atoms with van der Waals surface area (Å²) in [7, 11) is 1.96. The van der Waals surface area contributed by atoms with Gasteiger partial charge in [0.1, 0.15) is 0 Å². The number of hydrogen-bond acceptors (Lipinski definition) is 4. The molecule has 0 aromatic rings. The number of nitrogens with two attached hydrogens (primary N) is 1. The predicted octanol–water partition coefficient (Wildman–Crippen LogP) is 0.173. The molecule has 0 rings (SSSR count). The molecule has 0 aliphatic rings. The van der Waals surface area contributed by atoms with Crippen molar-refractivity contribution in [1.29, 1.82) is 0 Å². The van der Waals surface area contributed by atoms with Crippen molar-refractivity contribution in [1.82, 2.24) is 5.32 Å². The molecule has 0 heterocycles. The van der Waals surface area contributed by atoms with Crippen molar-refractivity contribution in [2.45, 2.75) is 38.5 Å². The van der Waals surface area contributed by atoms with Crippen LogP contribution in [0.4, 0.5) is 0 Å². The maximum Gasteiger partial charge on any atom is 0.322 e. The van der Waals surface area contributed by atoms with E-state index in [1.807, 2.05) is 0 Å². The van der Waals surface area contributed by atoms with Gasteiger partial charge in [0, 0.05) is 26.3 Å². The highest BCUT2D eigenvalue weighted by molar-refractivity contribution is 6.44. The van der Waals surface area contributed by atoms with E-state index in [0.29, 0.717) is 6.04 Å². The lowest BCUT2D eigenvalue weighted by molar-refractivity contribution is 0.271. The van der Waals surface area contributed by atoms with E-state index >= 15 is 0 Å². The molecule has 0 saturated carbocycles. The van der Waals surface area contributed by atoms with Crippen LogP contribution in [0.5, 0.6) is 0 Å². The second-order valence-corrected chi connectivity index (χ2v) is 5.49. The zero-order valence-electron chi connectivity index (χ0n) is 9.04. The van der Waals surface area contributed by atoms with E-state index in [0.717, 1.165) is 12.5 Å². The normalized spacial score (nSPS) is 16.2. The van der Waals surface area contributed by atoms with Crippen molar-refractivity contribution in [3.63, 3.8) is 0 Å². The zero-order chi connectivity index (χ0) is 10.3. The van der Waals surface area contributed by atoms with Gasteiger partial charge in [-0.05, 0) is 13.3 Å². The van der Waals surface area contributed by atoms with Gasteiger partial charge in [-0.3, -0.25) is 5.32 Å². The molecule has 0 aliphatic heterocycles. The molecule has 0 aromatic heterocycles. The Bertz CT molecular complexity index is 123. The quantitative estimate of drug-likeness (QED) is 0.461. The van der Waals surface area contributed by atoms with Gasteiger partial charge in [0.05, 0.1) is 6.17 Å². The Morgan fingerprint density at radius 3 is 2.31 bits per heavy atom. The summed E-state index contributed by atoms with van der Waals surface area (Å²) in [6.07, 6.45) is 1.02. The molecule has 13 heavy (non-hydrogen) atoms. The molecule has 0 spiro atoms. The SMILES string of the molecule is CCC(N)NC(C)C[SiH](OC)OC. The van der Waals surface area contributed by atoms with Gasteiger partial charge in [0.15, 0.2) is 0 Å². The fraction of sp³-hybridized carbons (Fsp3) is 1.00. The van der Waals surface area contributed by atoms with Crippen molar-refractivity contribution in [2.24, 2.45) is 5.73 Å². The second kappa shape index (κ2) is 7.46. The molecule has 2 atom stereocenters. The number of nitrogens with one attached hydrogen (secondary N) is 1. The van der Waals surface area contributed by atoms with Gasteiger partial charge < -0.3 is 14.6 Å². The molecule has 0 aliphatic carbocycles. The van der Waals surface area contributed by atoms with Crippen LogP contribution in [0.1, 0.15) is 20.3 Å². The Kier molecular flexibility index (Phi) is 7.49. The van der Waals surface area contributed by atoms with Gasteiger partial charge >= 0.3 is 9.28 Å². The zero-order valence-corrected chi connectivity index (χ0v) is 10.2. The van der Waals surface area contributed by atoms with Crippen LogP contribution in [-0.2, 0) is 8.85 Å². The Morgan fingerprint density at radius 2 is 1.92 bits per heavy atom. The molecule has 0 bridgehead atoms. The van der Waals surface area contributed by atoms with Gasteiger partial charge in [-0.15, -0.1) is 0 Å². The second-order valence-electron chi connectivity index (χ2n) is 3.22. The number of rotatable bonds is 7. The van der Waals surface area contributed by atoms with Gasteiger partial charge in [-0.25, -0.2) is 0 Å². The first kappa shape index (κ1) is 13.1. The van der Waals surface area contributed by atoms with E-state index in [9.17, 15) is 0 Å². The summed E-state index contributed by atoms with van der Waals surface area (Å²) in [4.78, 5) is 0. The van der Waals surface area contributed by atoms with Crippen molar-refractivity contribution in [3.05, 3.63) is 0 Å². The van der Waals surface area contributed by atoms with E-state index in [1.54, 1.807) is 14.2 Å². The third-order valence-corrected chi connectivity index (χ3v) is 4.15. The first-order valence-corrected chi connectivity index (χ1v) is 6.47. The van der Waals surface area contributed by atoms with Gasteiger partial charge in [-0.1, -0.05) is 6.92 Å². The highest BCUT2D eigenvalue weighted by Crippen LogP contribution is 2.00. The Hall–Kier alpha value is 0.0569. The van der Waals surface area contributed by atoms with E-state index in [-0.39, 0.29) is 6.17 Å². The van der Waals surface area contributed by atoms with Crippen LogP contribution in [0, 0.1) is 0 Å². The minimum atomic E-state index is -1.44. The lowest BCUT2D eigenvalue weighted by atomic mass is 10.3. The van der Waals surface area contributed by atoms with Crippen molar-refractivity contribution in [3.8, 4) is 0 Å². The lowest BCUT2D eigenvalue weighted by Crippen LogP contribution is -2.44. The summed E-state index contributed by atoms with van der Waals surface area (Å²) in [5, 5.41) is 3.28. The fourth-order valence-electron chi connectivity index (χ4n) is 1.13. The minimum Gasteiger partial charge on any atom is -0.400 e. The molecule has 80 valence electrons. The Labute approximate surface area is 82.6 Å². The standard InChI is InChI=1S/C8H22N2O2Si/c1-5-8(9)10-7(2)6-13(11-3)12-4/h7-8,10,13H,5-6,9H2,1-4H3. The van der Waals surface area contributed by atoms with E-state index in [1.165, 1.54) is 0 Å². The van der Waals surface area contributed by atoms with Gasteiger partial charge in [0.2, 0.25) is 0 Å². The van der Waals surface area contributed by atoms with Crippen LogP contribution in [0.25, 0.3) is 0 Å². The Balaban J connectivity index is 3.65. The van der Waals surface area contributed by atoms with E-state index in [4.69, 9.17) is 14.6 Å². The fourth-order valence-corrected chi connectivity index (χ4v) is 2.42. The summed E-state index contributed by atoms with van der Waals surface area (Å²) >= 11 is 0. The van der Waals surface area contributed by atoms with Crippen molar-refractivity contribution >= 4 is 9.28 Å². The monoisotopic (exact) mass is 206 g/mol. The lowest BCUT2D eigenvalue weighted by Gasteiger charge is -2.21. The Morgan fingerprint density at radius 1 is 1.38 bits per heavy atom. The maximum atomic E-state index is 5.76. The predicted molar refractivity (Wildman–Crippen MR) is 56.8 cm³/mol.